The fourth-order valence-electron chi connectivity index (χ4n) is 4.39. The Hall–Kier alpha value is -3.08. The maximum absolute atomic E-state index is 12.9. The maximum atomic E-state index is 12.9. The average molecular weight is 345 g/mol. The number of fused-ring (bicyclic) bond motifs is 4. The molecule has 0 aliphatic carbocycles. The number of hydrogen-bond acceptors (Lipinski definition) is 2. The van der Waals surface area contributed by atoms with Gasteiger partial charge in [-0.15, -0.1) is 0 Å². The van der Waals surface area contributed by atoms with Crippen LogP contribution in [0.3, 0.4) is 0 Å². The molecule has 1 fully saturated rings. The van der Waals surface area contributed by atoms with E-state index in [-0.39, 0.29) is 24.4 Å². The van der Waals surface area contributed by atoms with E-state index in [4.69, 9.17) is 0 Å². The van der Waals surface area contributed by atoms with Gasteiger partial charge in [-0.1, -0.05) is 48.5 Å². The molecule has 0 radical (unpaired) electrons. The number of nitrogens with zero attached hydrogens (tertiary/aromatic N) is 2. The van der Waals surface area contributed by atoms with Crippen molar-refractivity contribution in [1.29, 1.82) is 0 Å². The number of para-hydroxylation sites is 1. The van der Waals surface area contributed by atoms with Gasteiger partial charge in [0.1, 0.15) is 6.04 Å². The Morgan fingerprint density at radius 1 is 1.00 bits per heavy atom. The minimum Gasteiger partial charge on any atom is -0.356 e. The molecule has 2 unspecified atom stereocenters. The molecule has 2 aromatic carbocycles. The fraction of sp³-hybridized carbons (Fsp3) is 0.238. The third kappa shape index (κ3) is 2.03. The van der Waals surface area contributed by atoms with Crippen LogP contribution < -0.4 is 0 Å². The molecule has 0 spiro atoms. The van der Waals surface area contributed by atoms with E-state index in [1.165, 1.54) is 0 Å². The van der Waals surface area contributed by atoms with Crippen molar-refractivity contribution >= 4 is 22.7 Å². The summed E-state index contributed by atoms with van der Waals surface area (Å²) in [4.78, 5) is 32.6. The van der Waals surface area contributed by atoms with E-state index >= 15 is 0 Å². The zero-order valence-electron chi connectivity index (χ0n) is 14.5. The molecule has 2 aliphatic heterocycles. The number of likely N-dealkylation sites (N-methyl/N-ethyl adjacent to an activating group) is 1. The number of benzene rings is 2. The summed E-state index contributed by atoms with van der Waals surface area (Å²) < 4.78 is 0. The Morgan fingerprint density at radius 2 is 1.73 bits per heavy atom. The van der Waals surface area contributed by atoms with Gasteiger partial charge in [0.25, 0.3) is 0 Å². The summed E-state index contributed by atoms with van der Waals surface area (Å²) in [6.45, 7) is 0.133. The lowest BCUT2D eigenvalue weighted by Crippen LogP contribution is -2.62. The molecular formula is C21H19N3O2. The van der Waals surface area contributed by atoms with Gasteiger partial charge >= 0.3 is 0 Å². The number of carbonyl (C=O) groups is 2. The number of H-pyrrole nitrogens is 1. The van der Waals surface area contributed by atoms with Crippen LogP contribution in [0, 0.1) is 0 Å². The van der Waals surface area contributed by atoms with E-state index in [1.54, 1.807) is 16.8 Å². The van der Waals surface area contributed by atoms with Crippen molar-refractivity contribution in [3.63, 3.8) is 0 Å². The third-order valence-electron chi connectivity index (χ3n) is 5.57. The van der Waals surface area contributed by atoms with Gasteiger partial charge in [0.05, 0.1) is 12.6 Å². The van der Waals surface area contributed by atoms with Crippen LogP contribution in [0.25, 0.3) is 10.9 Å². The first-order chi connectivity index (χ1) is 12.6. The lowest BCUT2D eigenvalue weighted by Gasteiger charge is -2.46. The normalized spacial score (nSPS) is 22.5. The van der Waals surface area contributed by atoms with Gasteiger partial charge in [0, 0.05) is 30.1 Å². The van der Waals surface area contributed by atoms with E-state index in [0.29, 0.717) is 6.42 Å². The highest BCUT2D eigenvalue weighted by Gasteiger charge is 2.47. The standard InChI is InChI=1S/C21H19N3O2/c1-23-12-18(25)24-17(21(23)26)11-15-14-9-5-6-10-16(14)22-19(15)20(24)13-7-3-2-4-8-13/h2-10,17,20,22H,11-12H2,1H3. The minimum atomic E-state index is -0.446. The summed E-state index contributed by atoms with van der Waals surface area (Å²) in [5, 5.41) is 1.14. The summed E-state index contributed by atoms with van der Waals surface area (Å²) >= 11 is 0. The molecule has 0 saturated carbocycles. The van der Waals surface area contributed by atoms with Crippen molar-refractivity contribution in [2.75, 3.05) is 13.6 Å². The highest BCUT2D eigenvalue weighted by atomic mass is 16.2. The first-order valence-corrected chi connectivity index (χ1v) is 8.85. The Kier molecular flexibility index (Phi) is 3.19. The predicted molar refractivity (Wildman–Crippen MR) is 98.6 cm³/mol. The molecule has 1 N–H and O–H groups in total. The number of aromatic amines is 1. The van der Waals surface area contributed by atoms with Crippen LogP contribution >= 0.6 is 0 Å². The molecule has 2 atom stereocenters. The molecule has 3 heterocycles. The van der Waals surface area contributed by atoms with Crippen molar-refractivity contribution in [3.8, 4) is 0 Å². The summed E-state index contributed by atoms with van der Waals surface area (Å²) in [7, 11) is 1.71. The number of piperazine rings is 1. The maximum Gasteiger partial charge on any atom is 0.245 e. The van der Waals surface area contributed by atoms with Crippen LogP contribution in [0.2, 0.25) is 0 Å². The molecule has 5 rings (SSSR count). The third-order valence-corrected chi connectivity index (χ3v) is 5.57. The zero-order chi connectivity index (χ0) is 17.8. The highest BCUT2D eigenvalue weighted by molar-refractivity contribution is 5.97. The number of hydrogen-bond donors (Lipinski definition) is 1. The molecule has 2 aliphatic rings. The number of rotatable bonds is 1. The monoisotopic (exact) mass is 345 g/mol. The van der Waals surface area contributed by atoms with E-state index in [1.807, 2.05) is 48.5 Å². The second-order valence-corrected chi connectivity index (χ2v) is 7.09. The number of aromatic nitrogens is 1. The topological polar surface area (TPSA) is 56.4 Å². The summed E-state index contributed by atoms with van der Waals surface area (Å²) in [6.07, 6.45) is 0.553. The Bertz CT molecular complexity index is 1020. The van der Waals surface area contributed by atoms with Crippen LogP contribution in [-0.2, 0) is 16.0 Å². The van der Waals surface area contributed by atoms with Crippen molar-refractivity contribution in [2.24, 2.45) is 0 Å². The molecule has 2 amide bonds. The van der Waals surface area contributed by atoms with Crippen LogP contribution in [0.15, 0.2) is 54.6 Å². The van der Waals surface area contributed by atoms with Gasteiger partial charge in [-0.2, -0.15) is 0 Å². The fourth-order valence-corrected chi connectivity index (χ4v) is 4.39. The second-order valence-electron chi connectivity index (χ2n) is 7.09. The summed E-state index contributed by atoms with van der Waals surface area (Å²) in [6, 6.07) is 17.4. The smallest absolute Gasteiger partial charge is 0.245 e. The van der Waals surface area contributed by atoms with Crippen LogP contribution in [-0.4, -0.2) is 46.2 Å². The molecule has 5 heteroatoms. The largest absolute Gasteiger partial charge is 0.356 e. The molecule has 1 aromatic heterocycles. The Balaban J connectivity index is 1.77. The SMILES string of the molecule is CN1CC(=O)N2C(Cc3c([nH]c4ccccc34)C2c2ccccc2)C1=O. The Morgan fingerprint density at radius 3 is 2.54 bits per heavy atom. The van der Waals surface area contributed by atoms with E-state index in [0.717, 1.165) is 27.7 Å². The van der Waals surface area contributed by atoms with Crippen molar-refractivity contribution in [3.05, 3.63) is 71.4 Å². The van der Waals surface area contributed by atoms with E-state index in [2.05, 4.69) is 11.1 Å². The van der Waals surface area contributed by atoms with Crippen molar-refractivity contribution in [2.45, 2.75) is 18.5 Å². The van der Waals surface area contributed by atoms with Gasteiger partial charge in [0.2, 0.25) is 11.8 Å². The average Bonchev–Trinajstić information content (AvgIpc) is 3.03. The van der Waals surface area contributed by atoms with E-state index in [9.17, 15) is 9.59 Å². The Labute approximate surface area is 151 Å². The number of amides is 2. The highest BCUT2D eigenvalue weighted by Crippen LogP contribution is 2.42. The lowest BCUT2D eigenvalue weighted by molar-refractivity contribution is -0.157. The van der Waals surface area contributed by atoms with Crippen LogP contribution in [0.5, 0.6) is 0 Å². The lowest BCUT2D eigenvalue weighted by atomic mass is 9.86. The minimum absolute atomic E-state index is 0.00439. The molecule has 0 bridgehead atoms. The van der Waals surface area contributed by atoms with Crippen molar-refractivity contribution < 1.29 is 9.59 Å². The van der Waals surface area contributed by atoms with Gasteiger partial charge in [-0.25, -0.2) is 0 Å². The molecule has 3 aromatic rings. The summed E-state index contributed by atoms with van der Waals surface area (Å²) in [5.74, 6) is 0.0109. The van der Waals surface area contributed by atoms with Crippen molar-refractivity contribution in [1.82, 2.24) is 14.8 Å². The first kappa shape index (κ1) is 15.2. The van der Waals surface area contributed by atoms with Gasteiger partial charge < -0.3 is 14.8 Å². The summed E-state index contributed by atoms with van der Waals surface area (Å²) in [5.41, 5.74) is 4.24. The van der Waals surface area contributed by atoms with Crippen LogP contribution in [0.4, 0.5) is 0 Å². The first-order valence-electron chi connectivity index (χ1n) is 8.85. The molecule has 5 nitrogen and oxygen atoms in total. The molecule has 130 valence electrons. The van der Waals surface area contributed by atoms with Gasteiger partial charge in [-0.05, 0) is 17.2 Å². The second kappa shape index (κ2) is 5.46. The molecule has 1 saturated heterocycles. The van der Waals surface area contributed by atoms with Gasteiger partial charge in [-0.3, -0.25) is 9.59 Å². The molecular weight excluding hydrogens is 326 g/mol. The number of carbonyl (C=O) groups excluding carboxylic acids is 2. The zero-order valence-corrected chi connectivity index (χ0v) is 14.5. The quantitative estimate of drug-likeness (QED) is 0.737. The van der Waals surface area contributed by atoms with Crippen LogP contribution in [0.1, 0.15) is 22.9 Å². The van der Waals surface area contributed by atoms with E-state index < -0.39 is 6.04 Å². The number of nitrogens with one attached hydrogen (secondary N) is 1. The van der Waals surface area contributed by atoms with Gasteiger partial charge in [0.15, 0.2) is 0 Å². The predicted octanol–water partition coefficient (Wildman–Crippen LogP) is 2.48. The molecule has 26 heavy (non-hydrogen) atoms.